The van der Waals surface area contributed by atoms with E-state index < -0.39 is 9.84 Å². The maximum atomic E-state index is 11.0. The van der Waals surface area contributed by atoms with Crippen molar-refractivity contribution in [2.75, 3.05) is 35.7 Å². The van der Waals surface area contributed by atoms with Gasteiger partial charge in [0, 0.05) is 25.4 Å². The van der Waals surface area contributed by atoms with Crippen LogP contribution >= 0.6 is 0 Å². The molecule has 7 heteroatoms. The molecule has 0 unspecified atom stereocenters. The van der Waals surface area contributed by atoms with Crippen LogP contribution in [0.4, 0.5) is 11.6 Å². The zero-order chi connectivity index (χ0) is 12.9. The molecule has 0 amide bonds. The molecular weight excluding hydrogens is 240 g/mol. The number of aromatic nitrogens is 2. The van der Waals surface area contributed by atoms with E-state index in [0.717, 1.165) is 12.4 Å². The monoisotopic (exact) mass is 258 g/mol. The molecule has 0 spiro atoms. The molecule has 0 saturated heterocycles. The van der Waals surface area contributed by atoms with E-state index >= 15 is 0 Å². The quantitative estimate of drug-likeness (QED) is 0.780. The second kappa shape index (κ2) is 5.81. The summed E-state index contributed by atoms with van der Waals surface area (Å²) in [5.74, 6) is 2.11. The minimum absolute atomic E-state index is 0.0899. The van der Waals surface area contributed by atoms with Crippen LogP contribution in [0.3, 0.4) is 0 Å². The van der Waals surface area contributed by atoms with Gasteiger partial charge in [-0.2, -0.15) is 0 Å². The van der Waals surface area contributed by atoms with Gasteiger partial charge in [0.15, 0.2) is 0 Å². The summed E-state index contributed by atoms with van der Waals surface area (Å²) >= 11 is 0. The second-order valence-electron chi connectivity index (χ2n) is 3.77. The summed E-state index contributed by atoms with van der Waals surface area (Å²) < 4.78 is 21.9. The SMILES string of the molecule is CCNc1cc(NCCS(C)(=O)=O)nc(C)n1. The standard InChI is InChI=1S/C10H18N4O2S/c1-4-11-9-7-10(14-8(2)13-9)12-5-6-17(3,15)16/h7H,4-6H2,1-3H3,(H2,11,12,13,14). The Labute approximate surface area is 102 Å². The fourth-order valence-electron chi connectivity index (χ4n) is 1.29. The van der Waals surface area contributed by atoms with Gasteiger partial charge in [-0.05, 0) is 13.8 Å². The second-order valence-corrected chi connectivity index (χ2v) is 6.03. The van der Waals surface area contributed by atoms with Crippen LogP contribution < -0.4 is 10.6 Å². The van der Waals surface area contributed by atoms with Crippen molar-refractivity contribution in [1.82, 2.24) is 9.97 Å². The van der Waals surface area contributed by atoms with E-state index in [0.29, 0.717) is 18.2 Å². The third-order valence-electron chi connectivity index (χ3n) is 1.97. The molecule has 17 heavy (non-hydrogen) atoms. The lowest BCUT2D eigenvalue weighted by atomic mass is 10.4. The number of sulfone groups is 1. The molecule has 1 aromatic heterocycles. The number of rotatable bonds is 6. The lowest BCUT2D eigenvalue weighted by molar-refractivity contribution is 0.602. The third kappa shape index (κ3) is 5.48. The predicted octanol–water partition coefficient (Wildman–Crippen LogP) is 0.673. The number of anilines is 2. The molecule has 0 aromatic carbocycles. The lowest BCUT2D eigenvalue weighted by Gasteiger charge is -2.08. The fourth-order valence-corrected chi connectivity index (χ4v) is 1.77. The minimum atomic E-state index is -2.95. The molecule has 1 aromatic rings. The topological polar surface area (TPSA) is 84.0 Å². The first-order chi connectivity index (χ1) is 7.90. The van der Waals surface area contributed by atoms with Gasteiger partial charge in [0.1, 0.15) is 27.3 Å². The fraction of sp³-hybridized carbons (Fsp3) is 0.600. The van der Waals surface area contributed by atoms with Crippen molar-refractivity contribution in [3.63, 3.8) is 0 Å². The summed E-state index contributed by atoms with van der Waals surface area (Å²) in [6.07, 6.45) is 1.21. The molecule has 0 fully saturated rings. The zero-order valence-electron chi connectivity index (χ0n) is 10.3. The van der Waals surface area contributed by atoms with E-state index in [4.69, 9.17) is 0 Å². The largest absolute Gasteiger partial charge is 0.370 e. The predicted molar refractivity (Wildman–Crippen MR) is 69.1 cm³/mol. The van der Waals surface area contributed by atoms with Crippen LogP contribution in [0, 0.1) is 6.92 Å². The lowest BCUT2D eigenvalue weighted by Crippen LogP contribution is -2.15. The van der Waals surface area contributed by atoms with Crippen LogP contribution in [-0.2, 0) is 9.84 Å². The highest BCUT2D eigenvalue weighted by molar-refractivity contribution is 7.90. The third-order valence-corrected chi connectivity index (χ3v) is 2.92. The van der Waals surface area contributed by atoms with Crippen molar-refractivity contribution in [2.24, 2.45) is 0 Å². The Hall–Kier alpha value is -1.37. The highest BCUT2D eigenvalue weighted by Gasteiger charge is 2.04. The molecule has 1 heterocycles. The average Bonchev–Trinajstić information content (AvgIpc) is 2.15. The van der Waals surface area contributed by atoms with Crippen molar-refractivity contribution >= 4 is 21.5 Å². The molecule has 1 rings (SSSR count). The van der Waals surface area contributed by atoms with Crippen molar-refractivity contribution in [3.8, 4) is 0 Å². The summed E-state index contributed by atoms with van der Waals surface area (Å²) in [7, 11) is -2.95. The molecule has 0 bridgehead atoms. The minimum Gasteiger partial charge on any atom is -0.370 e. The first-order valence-corrected chi connectivity index (χ1v) is 7.48. The Morgan fingerprint density at radius 3 is 2.35 bits per heavy atom. The molecule has 0 aliphatic rings. The summed E-state index contributed by atoms with van der Waals surface area (Å²) in [4.78, 5) is 8.38. The van der Waals surface area contributed by atoms with Crippen LogP contribution in [-0.4, -0.2) is 43.5 Å². The molecular formula is C10H18N4O2S. The average molecular weight is 258 g/mol. The molecule has 0 aliphatic carbocycles. The van der Waals surface area contributed by atoms with Gasteiger partial charge >= 0.3 is 0 Å². The summed E-state index contributed by atoms with van der Waals surface area (Å²) in [5, 5.41) is 6.06. The van der Waals surface area contributed by atoms with Crippen molar-refractivity contribution in [2.45, 2.75) is 13.8 Å². The Kier molecular flexibility index (Phi) is 4.68. The highest BCUT2D eigenvalue weighted by Crippen LogP contribution is 2.10. The van der Waals surface area contributed by atoms with Crippen LogP contribution in [0.1, 0.15) is 12.7 Å². The Bertz CT molecular complexity index is 473. The molecule has 0 radical (unpaired) electrons. The first kappa shape index (κ1) is 13.7. The van der Waals surface area contributed by atoms with E-state index in [9.17, 15) is 8.42 Å². The van der Waals surface area contributed by atoms with E-state index in [1.54, 1.807) is 13.0 Å². The van der Waals surface area contributed by atoms with Gasteiger partial charge in [-0.3, -0.25) is 0 Å². The molecule has 6 nitrogen and oxygen atoms in total. The van der Waals surface area contributed by atoms with E-state index in [-0.39, 0.29) is 5.75 Å². The van der Waals surface area contributed by atoms with Gasteiger partial charge in [0.25, 0.3) is 0 Å². The molecule has 96 valence electrons. The molecule has 0 aliphatic heterocycles. The Morgan fingerprint density at radius 2 is 1.82 bits per heavy atom. The normalized spacial score (nSPS) is 11.2. The van der Waals surface area contributed by atoms with Gasteiger partial charge in [-0.1, -0.05) is 0 Å². The smallest absolute Gasteiger partial charge is 0.149 e. The van der Waals surface area contributed by atoms with Gasteiger partial charge in [-0.15, -0.1) is 0 Å². The number of hydrogen-bond donors (Lipinski definition) is 2. The summed E-state index contributed by atoms with van der Waals surface area (Å²) in [6.45, 7) is 4.90. The van der Waals surface area contributed by atoms with Crippen molar-refractivity contribution in [3.05, 3.63) is 11.9 Å². The Balaban J connectivity index is 2.64. The van der Waals surface area contributed by atoms with Gasteiger partial charge < -0.3 is 10.6 Å². The number of aryl methyl sites for hydroxylation is 1. The zero-order valence-corrected chi connectivity index (χ0v) is 11.1. The molecule has 0 saturated carbocycles. The summed E-state index contributed by atoms with van der Waals surface area (Å²) in [6, 6.07) is 1.76. The maximum absolute atomic E-state index is 11.0. The van der Waals surface area contributed by atoms with Crippen LogP contribution in [0.2, 0.25) is 0 Å². The first-order valence-electron chi connectivity index (χ1n) is 5.42. The highest BCUT2D eigenvalue weighted by atomic mass is 32.2. The van der Waals surface area contributed by atoms with E-state index in [2.05, 4.69) is 20.6 Å². The van der Waals surface area contributed by atoms with Gasteiger partial charge in [-0.25, -0.2) is 18.4 Å². The van der Waals surface area contributed by atoms with Crippen LogP contribution in [0.5, 0.6) is 0 Å². The van der Waals surface area contributed by atoms with Crippen molar-refractivity contribution < 1.29 is 8.42 Å². The van der Waals surface area contributed by atoms with E-state index in [1.807, 2.05) is 6.92 Å². The van der Waals surface area contributed by atoms with Gasteiger partial charge in [0.2, 0.25) is 0 Å². The summed E-state index contributed by atoms with van der Waals surface area (Å²) in [5.41, 5.74) is 0. The molecule has 2 N–H and O–H groups in total. The molecule has 0 atom stereocenters. The van der Waals surface area contributed by atoms with E-state index in [1.165, 1.54) is 6.26 Å². The number of nitrogens with one attached hydrogen (secondary N) is 2. The Morgan fingerprint density at radius 1 is 1.24 bits per heavy atom. The van der Waals surface area contributed by atoms with Crippen LogP contribution in [0.25, 0.3) is 0 Å². The van der Waals surface area contributed by atoms with Gasteiger partial charge in [0.05, 0.1) is 5.75 Å². The van der Waals surface area contributed by atoms with Crippen molar-refractivity contribution in [1.29, 1.82) is 0 Å². The number of hydrogen-bond acceptors (Lipinski definition) is 6. The number of nitrogens with zero attached hydrogens (tertiary/aromatic N) is 2. The maximum Gasteiger partial charge on any atom is 0.149 e. The van der Waals surface area contributed by atoms with Crippen LogP contribution in [0.15, 0.2) is 6.07 Å².